The first-order chi connectivity index (χ1) is 15.6. The molecule has 4 nitrogen and oxygen atoms in total. The Kier molecular flexibility index (Phi) is 8.14. The molecule has 2 aliphatic rings. The number of thiocarbonyl (C=S) groups is 1. The van der Waals surface area contributed by atoms with Crippen LogP contribution in [-0.2, 0) is 6.42 Å². The zero-order chi connectivity index (χ0) is 22.5. The first-order valence-corrected chi connectivity index (χ1v) is 13.1. The van der Waals surface area contributed by atoms with Crippen LogP contribution < -0.4 is 4.90 Å². The SMILES string of the molecule is CCN(CC)CCCC(=S)Cc1ccc2nc(N3CCN(CC4CC4)CC3)cc(C)c2c1. The number of aryl methyl sites for hydroxylation is 1. The number of hydrogen-bond acceptors (Lipinski definition) is 5. The predicted octanol–water partition coefficient (Wildman–Crippen LogP) is 5.11. The van der Waals surface area contributed by atoms with Gasteiger partial charge in [-0.1, -0.05) is 32.1 Å². The Hall–Kier alpha value is -1.56. The lowest BCUT2D eigenvalue weighted by Gasteiger charge is -2.35. The number of piperazine rings is 1. The smallest absolute Gasteiger partial charge is 0.129 e. The summed E-state index contributed by atoms with van der Waals surface area (Å²) >= 11 is 5.72. The molecule has 0 N–H and O–H groups in total. The number of benzene rings is 1. The topological polar surface area (TPSA) is 22.6 Å². The standard InChI is InChI=1S/C27H40N4S/c1-4-29(5-2)12-6-7-24(32)18-23-10-11-26-25(19-23)21(3)17-27(28-26)31-15-13-30(14-16-31)20-22-8-9-22/h10-11,17,19,22H,4-9,12-16,18,20H2,1-3H3. The second-order valence-corrected chi connectivity index (χ2v) is 10.3. The van der Waals surface area contributed by atoms with Crippen molar-refractivity contribution in [2.24, 2.45) is 5.92 Å². The van der Waals surface area contributed by atoms with Crippen molar-refractivity contribution in [2.45, 2.75) is 52.9 Å². The van der Waals surface area contributed by atoms with E-state index >= 15 is 0 Å². The average molecular weight is 453 g/mol. The van der Waals surface area contributed by atoms with Crippen molar-refractivity contribution in [3.8, 4) is 0 Å². The third-order valence-electron chi connectivity index (χ3n) is 7.20. The molecule has 174 valence electrons. The fraction of sp³-hybridized carbons (Fsp3) is 0.630. The van der Waals surface area contributed by atoms with Crippen molar-refractivity contribution in [2.75, 3.05) is 57.3 Å². The maximum atomic E-state index is 5.72. The van der Waals surface area contributed by atoms with Gasteiger partial charge >= 0.3 is 0 Å². The first-order valence-electron chi connectivity index (χ1n) is 12.7. The molecule has 2 heterocycles. The first kappa shape index (κ1) is 23.6. The monoisotopic (exact) mass is 452 g/mol. The van der Waals surface area contributed by atoms with E-state index in [1.807, 2.05) is 0 Å². The van der Waals surface area contributed by atoms with Crippen molar-refractivity contribution in [1.82, 2.24) is 14.8 Å². The molecule has 1 saturated carbocycles. The zero-order valence-corrected chi connectivity index (χ0v) is 21.1. The third kappa shape index (κ3) is 6.27. The van der Waals surface area contributed by atoms with E-state index in [0.29, 0.717) is 0 Å². The zero-order valence-electron chi connectivity index (χ0n) is 20.3. The number of pyridine rings is 1. The number of rotatable bonds is 11. The lowest BCUT2D eigenvalue weighted by Crippen LogP contribution is -2.47. The van der Waals surface area contributed by atoms with Gasteiger partial charge in [-0.25, -0.2) is 4.98 Å². The van der Waals surface area contributed by atoms with E-state index in [2.05, 4.69) is 59.7 Å². The molecule has 32 heavy (non-hydrogen) atoms. The van der Waals surface area contributed by atoms with Gasteiger partial charge in [0, 0.05) is 44.5 Å². The van der Waals surface area contributed by atoms with Crippen LogP contribution in [0, 0.1) is 12.8 Å². The van der Waals surface area contributed by atoms with Gasteiger partial charge in [0.1, 0.15) is 5.82 Å². The van der Waals surface area contributed by atoms with Gasteiger partial charge in [0.2, 0.25) is 0 Å². The van der Waals surface area contributed by atoms with E-state index in [0.717, 1.165) is 69.2 Å². The van der Waals surface area contributed by atoms with Crippen LogP contribution in [0.5, 0.6) is 0 Å². The summed E-state index contributed by atoms with van der Waals surface area (Å²) in [7, 11) is 0. The minimum atomic E-state index is 0.896. The summed E-state index contributed by atoms with van der Waals surface area (Å²) in [5, 5.41) is 1.27. The largest absolute Gasteiger partial charge is 0.354 e. The van der Waals surface area contributed by atoms with Crippen molar-refractivity contribution in [1.29, 1.82) is 0 Å². The quantitative estimate of drug-likeness (QED) is 0.441. The lowest BCUT2D eigenvalue weighted by atomic mass is 10.0. The summed E-state index contributed by atoms with van der Waals surface area (Å²) in [6.07, 6.45) is 5.97. The van der Waals surface area contributed by atoms with Crippen LogP contribution in [0.2, 0.25) is 0 Å². The maximum absolute atomic E-state index is 5.72. The number of fused-ring (bicyclic) bond motifs is 1. The third-order valence-corrected chi connectivity index (χ3v) is 7.55. The molecule has 0 bridgehead atoms. The molecule has 0 amide bonds. The molecule has 0 unspecified atom stereocenters. The van der Waals surface area contributed by atoms with Crippen molar-refractivity contribution >= 4 is 33.8 Å². The van der Waals surface area contributed by atoms with Crippen LogP contribution in [0.1, 0.15) is 50.7 Å². The number of aromatic nitrogens is 1. The second kappa shape index (κ2) is 11.0. The highest BCUT2D eigenvalue weighted by Crippen LogP contribution is 2.30. The van der Waals surface area contributed by atoms with Crippen molar-refractivity contribution in [3.05, 3.63) is 35.4 Å². The summed E-state index contributed by atoms with van der Waals surface area (Å²) in [5.41, 5.74) is 3.74. The van der Waals surface area contributed by atoms with Gasteiger partial charge < -0.3 is 9.80 Å². The molecule has 1 aliphatic heterocycles. The molecular formula is C27H40N4S. The molecule has 2 fully saturated rings. The van der Waals surface area contributed by atoms with E-state index in [1.54, 1.807) is 0 Å². The van der Waals surface area contributed by atoms with E-state index in [1.165, 1.54) is 53.9 Å². The molecule has 1 aromatic carbocycles. The molecular weight excluding hydrogens is 412 g/mol. The maximum Gasteiger partial charge on any atom is 0.129 e. The Morgan fingerprint density at radius 3 is 2.53 bits per heavy atom. The Labute approximate surface area is 200 Å². The molecule has 1 saturated heterocycles. The second-order valence-electron chi connectivity index (χ2n) is 9.73. The average Bonchev–Trinajstić information content (AvgIpc) is 3.61. The van der Waals surface area contributed by atoms with Gasteiger partial charge in [0.25, 0.3) is 0 Å². The van der Waals surface area contributed by atoms with Gasteiger partial charge in [-0.05, 0) is 92.3 Å². The number of anilines is 1. The van der Waals surface area contributed by atoms with Crippen LogP contribution in [-0.4, -0.2) is 72.0 Å². The molecule has 4 rings (SSSR count). The van der Waals surface area contributed by atoms with E-state index in [9.17, 15) is 0 Å². The fourth-order valence-electron chi connectivity index (χ4n) is 4.88. The van der Waals surface area contributed by atoms with Gasteiger partial charge in [0.05, 0.1) is 5.52 Å². The van der Waals surface area contributed by atoms with Crippen LogP contribution in [0.3, 0.4) is 0 Å². The normalized spacial score (nSPS) is 17.4. The van der Waals surface area contributed by atoms with E-state index in [4.69, 9.17) is 17.2 Å². The van der Waals surface area contributed by atoms with Crippen LogP contribution in [0.25, 0.3) is 10.9 Å². The predicted molar refractivity (Wildman–Crippen MR) is 141 cm³/mol. The van der Waals surface area contributed by atoms with Gasteiger partial charge in [-0.2, -0.15) is 0 Å². The van der Waals surface area contributed by atoms with Gasteiger partial charge in [-0.15, -0.1) is 0 Å². The van der Waals surface area contributed by atoms with Crippen LogP contribution >= 0.6 is 12.2 Å². The van der Waals surface area contributed by atoms with Crippen molar-refractivity contribution in [3.63, 3.8) is 0 Å². The molecule has 5 heteroatoms. The highest BCUT2D eigenvalue weighted by molar-refractivity contribution is 7.80. The highest BCUT2D eigenvalue weighted by atomic mass is 32.1. The van der Waals surface area contributed by atoms with Gasteiger partial charge in [0.15, 0.2) is 0 Å². The molecule has 1 aliphatic carbocycles. The minimum Gasteiger partial charge on any atom is -0.354 e. The van der Waals surface area contributed by atoms with E-state index < -0.39 is 0 Å². The summed E-state index contributed by atoms with van der Waals surface area (Å²) in [6, 6.07) is 9.02. The molecule has 0 radical (unpaired) electrons. The minimum absolute atomic E-state index is 0.896. The molecule has 0 spiro atoms. The molecule has 1 aromatic heterocycles. The highest BCUT2D eigenvalue weighted by Gasteiger charge is 2.26. The number of nitrogens with zero attached hydrogens (tertiary/aromatic N) is 4. The summed E-state index contributed by atoms with van der Waals surface area (Å²) in [4.78, 5) is 13.8. The van der Waals surface area contributed by atoms with Crippen molar-refractivity contribution < 1.29 is 0 Å². The molecule has 0 atom stereocenters. The van der Waals surface area contributed by atoms with Crippen LogP contribution in [0.4, 0.5) is 5.82 Å². The van der Waals surface area contributed by atoms with Gasteiger partial charge in [-0.3, -0.25) is 4.90 Å². The van der Waals surface area contributed by atoms with E-state index in [-0.39, 0.29) is 0 Å². The Morgan fingerprint density at radius 2 is 1.84 bits per heavy atom. The summed E-state index contributed by atoms with van der Waals surface area (Å²) < 4.78 is 0. The number of hydrogen-bond donors (Lipinski definition) is 0. The Morgan fingerprint density at radius 1 is 1.09 bits per heavy atom. The summed E-state index contributed by atoms with van der Waals surface area (Å²) in [5.74, 6) is 2.12. The Bertz CT molecular complexity index is 911. The molecule has 2 aromatic rings. The van der Waals surface area contributed by atoms with Crippen LogP contribution in [0.15, 0.2) is 24.3 Å². The fourth-order valence-corrected chi connectivity index (χ4v) is 5.19. The summed E-state index contributed by atoms with van der Waals surface area (Å²) in [6.45, 7) is 15.9. The Balaban J connectivity index is 1.35. The lowest BCUT2D eigenvalue weighted by molar-refractivity contribution is 0.247.